The summed E-state index contributed by atoms with van der Waals surface area (Å²) in [5, 5.41) is 9.71. The number of hydrogen-bond donors (Lipinski definition) is 2. The van der Waals surface area contributed by atoms with Crippen molar-refractivity contribution in [1.29, 1.82) is 0 Å². The number of aromatic carboxylic acids is 1. The van der Waals surface area contributed by atoms with Crippen molar-refractivity contribution in [2.75, 3.05) is 0 Å². The topological polar surface area (TPSA) is 95.9 Å². The lowest BCUT2D eigenvalue weighted by atomic mass is 10.1. The standard InChI is InChI=1S/C15H10ClN3O3/c16-12-3-1-2-9(17-12)7-13-18-11-6-8(15(21)22)4-5-10(11)14(20)19-13/h1-6H,7H2,(H,21,22)(H,18,19,20). The summed E-state index contributed by atoms with van der Waals surface area (Å²) in [4.78, 5) is 34.2. The molecule has 110 valence electrons. The Bertz CT molecular complexity index is 937. The van der Waals surface area contributed by atoms with Gasteiger partial charge in [-0.1, -0.05) is 17.7 Å². The Labute approximate surface area is 129 Å². The van der Waals surface area contributed by atoms with Gasteiger partial charge in [-0.05, 0) is 30.3 Å². The van der Waals surface area contributed by atoms with E-state index in [-0.39, 0.29) is 11.1 Å². The highest BCUT2D eigenvalue weighted by Crippen LogP contribution is 2.13. The van der Waals surface area contributed by atoms with E-state index in [2.05, 4.69) is 15.0 Å². The van der Waals surface area contributed by atoms with Gasteiger partial charge >= 0.3 is 5.97 Å². The molecular formula is C15H10ClN3O3. The first kappa shape index (κ1) is 14.2. The maximum absolute atomic E-state index is 12.0. The number of benzene rings is 1. The van der Waals surface area contributed by atoms with Gasteiger partial charge in [-0.25, -0.2) is 14.8 Å². The molecule has 0 atom stereocenters. The molecule has 3 aromatic rings. The molecule has 0 radical (unpaired) electrons. The molecule has 7 heteroatoms. The number of hydrogen-bond acceptors (Lipinski definition) is 4. The molecule has 0 spiro atoms. The van der Waals surface area contributed by atoms with Gasteiger partial charge in [0.2, 0.25) is 0 Å². The van der Waals surface area contributed by atoms with Gasteiger partial charge in [-0.2, -0.15) is 0 Å². The first-order valence-corrected chi connectivity index (χ1v) is 6.78. The van der Waals surface area contributed by atoms with Crippen LogP contribution in [-0.4, -0.2) is 26.0 Å². The van der Waals surface area contributed by atoms with Gasteiger partial charge in [0.1, 0.15) is 11.0 Å². The number of carboxylic acids is 1. The predicted octanol–water partition coefficient (Wildman–Crippen LogP) is 2.26. The zero-order valence-electron chi connectivity index (χ0n) is 11.2. The number of halogens is 1. The van der Waals surface area contributed by atoms with Crippen molar-refractivity contribution in [1.82, 2.24) is 15.0 Å². The van der Waals surface area contributed by atoms with E-state index in [1.165, 1.54) is 18.2 Å². The lowest BCUT2D eigenvalue weighted by molar-refractivity contribution is 0.0697. The highest BCUT2D eigenvalue weighted by atomic mass is 35.5. The maximum atomic E-state index is 12.0. The van der Waals surface area contributed by atoms with Crippen LogP contribution in [-0.2, 0) is 6.42 Å². The lowest BCUT2D eigenvalue weighted by Crippen LogP contribution is -2.13. The number of rotatable bonds is 3. The quantitative estimate of drug-likeness (QED) is 0.723. The Balaban J connectivity index is 2.07. The van der Waals surface area contributed by atoms with E-state index in [0.29, 0.717) is 34.0 Å². The summed E-state index contributed by atoms with van der Waals surface area (Å²) in [6.07, 6.45) is 0.295. The molecular weight excluding hydrogens is 306 g/mol. The van der Waals surface area contributed by atoms with E-state index in [9.17, 15) is 9.59 Å². The van der Waals surface area contributed by atoms with Gasteiger partial charge in [-0.15, -0.1) is 0 Å². The van der Waals surface area contributed by atoms with E-state index >= 15 is 0 Å². The van der Waals surface area contributed by atoms with Gasteiger partial charge in [0.05, 0.1) is 16.5 Å². The first-order chi connectivity index (χ1) is 10.5. The number of nitrogens with one attached hydrogen (secondary N) is 1. The molecule has 3 rings (SSSR count). The summed E-state index contributed by atoms with van der Waals surface area (Å²) < 4.78 is 0. The van der Waals surface area contributed by atoms with Crippen molar-refractivity contribution in [3.05, 3.63) is 69.0 Å². The summed E-state index contributed by atoms with van der Waals surface area (Å²) in [5.41, 5.74) is 0.751. The van der Waals surface area contributed by atoms with E-state index in [4.69, 9.17) is 16.7 Å². The fourth-order valence-corrected chi connectivity index (χ4v) is 2.31. The fraction of sp³-hybridized carbons (Fsp3) is 0.0667. The molecule has 22 heavy (non-hydrogen) atoms. The van der Waals surface area contributed by atoms with Crippen molar-refractivity contribution >= 4 is 28.5 Å². The Kier molecular flexibility index (Phi) is 3.60. The molecule has 0 aliphatic carbocycles. The van der Waals surface area contributed by atoms with Crippen molar-refractivity contribution in [2.45, 2.75) is 6.42 Å². The maximum Gasteiger partial charge on any atom is 0.335 e. The lowest BCUT2D eigenvalue weighted by Gasteiger charge is -2.04. The van der Waals surface area contributed by atoms with E-state index in [0.717, 1.165) is 0 Å². The third-order valence-electron chi connectivity index (χ3n) is 3.12. The van der Waals surface area contributed by atoms with Crippen LogP contribution in [0.1, 0.15) is 21.9 Å². The van der Waals surface area contributed by atoms with Crippen LogP contribution in [0.5, 0.6) is 0 Å². The Morgan fingerprint density at radius 3 is 2.77 bits per heavy atom. The Morgan fingerprint density at radius 2 is 2.05 bits per heavy atom. The van der Waals surface area contributed by atoms with Crippen molar-refractivity contribution < 1.29 is 9.90 Å². The molecule has 2 N–H and O–H groups in total. The third kappa shape index (κ3) is 2.82. The minimum absolute atomic E-state index is 0.0810. The van der Waals surface area contributed by atoms with Gasteiger partial charge < -0.3 is 10.1 Å². The van der Waals surface area contributed by atoms with Crippen LogP contribution in [0.2, 0.25) is 5.15 Å². The molecule has 2 heterocycles. The van der Waals surface area contributed by atoms with Crippen LogP contribution in [0.15, 0.2) is 41.2 Å². The minimum atomic E-state index is -1.07. The molecule has 0 bridgehead atoms. The summed E-state index contributed by atoms with van der Waals surface area (Å²) in [5.74, 6) is -0.670. The number of aromatic amines is 1. The molecule has 0 saturated heterocycles. The molecule has 0 amide bonds. The van der Waals surface area contributed by atoms with Crippen molar-refractivity contribution in [3.8, 4) is 0 Å². The molecule has 0 unspecified atom stereocenters. The van der Waals surface area contributed by atoms with Crippen molar-refractivity contribution in [2.24, 2.45) is 0 Å². The molecule has 0 saturated carbocycles. The summed E-state index contributed by atoms with van der Waals surface area (Å²) in [6, 6.07) is 9.38. The SMILES string of the molecule is O=C(O)c1ccc2c(=O)[nH]c(Cc3cccc(Cl)n3)nc2c1. The average molecular weight is 316 g/mol. The largest absolute Gasteiger partial charge is 0.478 e. The molecule has 2 aromatic heterocycles. The Hall–Kier alpha value is -2.73. The minimum Gasteiger partial charge on any atom is -0.478 e. The van der Waals surface area contributed by atoms with Crippen LogP contribution < -0.4 is 5.56 Å². The predicted molar refractivity (Wildman–Crippen MR) is 81.4 cm³/mol. The molecule has 0 aliphatic heterocycles. The van der Waals surface area contributed by atoms with Crippen LogP contribution in [0.3, 0.4) is 0 Å². The summed E-state index contributed by atoms with van der Waals surface area (Å²) in [6.45, 7) is 0. The number of aromatic nitrogens is 3. The third-order valence-corrected chi connectivity index (χ3v) is 3.33. The summed E-state index contributed by atoms with van der Waals surface area (Å²) >= 11 is 5.82. The number of nitrogens with zero attached hydrogens (tertiary/aromatic N) is 2. The highest BCUT2D eigenvalue weighted by Gasteiger charge is 2.09. The average Bonchev–Trinajstić information content (AvgIpc) is 2.46. The van der Waals surface area contributed by atoms with E-state index in [1.54, 1.807) is 18.2 Å². The normalized spacial score (nSPS) is 10.8. The van der Waals surface area contributed by atoms with Crippen molar-refractivity contribution in [3.63, 3.8) is 0 Å². The van der Waals surface area contributed by atoms with Gasteiger partial charge in [0.15, 0.2) is 0 Å². The van der Waals surface area contributed by atoms with Gasteiger partial charge in [0.25, 0.3) is 5.56 Å². The number of carbonyl (C=O) groups is 1. The fourth-order valence-electron chi connectivity index (χ4n) is 2.12. The van der Waals surface area contributed by atoms with Crippen LogP contribution in [0, 0.1) is 0 Å². The second-order valence-electron chi connectivity index (χ2n) is 4.68. The number of pyridine rings is 1. The van der Waals surface area contributed by atoms with Gasteiger partial charge in [0, 0.05) is 12.1 Å². The molecule has 0 fully saturated rings. The smallest absolute Gasteiger partial charge is 0.335 e. The zero-order chi connectivity index (χ0) is 15.7. The van der Waals surface area contributed by atoms with Gasteiger partial charge in [-0.3, -0.25) is 4.79 Å². The second kappa shape index (κ2) is 5.57. The van der Waals surface area contributed by atoms with Crippen LogP contribution in [0.4, 0.5) is 0 Å². The van der Waals surface area contributed by atoms with Crippen LogP contribution >= 0.6 is 11.6 Å². The highest BCUT2D eigenvalue weighted by molar-refractivity contribution is 6.29. The molecule has 0 aliphatic rings. The van der Waals surface area contributed by atoms with Crippen LogP contribution in [0.25, 0.3) is 10.9 Å². The monoisotopic (exact) mass is 315 g/mol. The molecule has 1 aromatic carbocycles. The van der Waals surface area contributed by atoms with E-state index in [1.807, 2.05) is 0 Å². The second-order valence-corrected chi connectivity index (χ2v) is 5.07. The summed E-state index contributed by atoms with van der Waals surface area (Å²) in [7, 11) is 0. The Morgan fingerprint density at radius 1 is 1.23 bits per heavy atom. The first-order valence-electron chi connectivity index (χ1n) is 6.40. The number of carboxylic acid groups (broad SMARTS) is 1. The zero-order valence-corrected chi connectivity index (χ0v) is 12.0. The number of H-pyrrole nitrogens is 1. The molecule has 6 nitrogen and oxygen atoms in total. The van der Waals surface area contributed by atoms with E-state index < -0.39 is 5.97 Å². The number of fused-ring (bicyclic) bond motifs is 1.